The number of anilines is 1. The predicted octanol–water partition coefficient (Wildman–Crippen LogP) is 2.30. The smallest absolute Gasteiger partial charge is 0.101 e. The molecule has 1 aromatic carbocycles. The molecular weight excluding hydrogens is 200 g/mol. The van der Waals surface area contributed by atoms with Gasteiger partial charge in [-0.3, -0.25) is 0 Å². The molecule has 2 N–H and O–H groups in total. The molecule has 1 aromatic rings. The van der Waals surface area contributed by atoms with Crippen LogP contribution >= 0.6 is 0 Å². The Balaban J connectivity index is 2.86. The molecule has 3 nitrogen and oxygen atoms in total. The minimum Gasteiger partial charge on any atom is -0.396 e. The zero-order chi connectivity index (χ0) is 12.2. The topological polar surface area (TPSA) is 56.0 Å². The molecule has 0 aliphatic heterocycles. The summed E-state index contributed by atoms with van der Waals surface area (Å²) in [4.78, 5) is 0. The molecule has 0 spiro atoms. The highest BCUT2D eigenvalue weighted by atomic mass is 16.3. The van der Waals surface area contributed by atoms with E-state index in [1.54, 1.807) is 6.07 Å². The highest BCUT2D eigenvalue weighted by molar-refractivity contribution is 5.62. The molecule has 0 aromatic heterocycles. The second kappa shape index (κ2) is 5.00. The van der Waals surface area contributed by atoms with Gasteiger partial charge >= 0.3 is 0 Å². The van der Waals surface area contributed by atoms with Gasteiger partial charge in [0.1, 0.15) is 6.07 Å². The minimum atomic E-state index is -0.186. The van der Waals surface area contributed by atoms with Crippen molar-refractivity contribution in [2.75, 3.05) is 18.5 Å². The Morgan fingerprint density at radius 2 is 2.12 bits per heavy atom. The molecule has 0 aliphatic rings. The van der Waals surface area contributed by atoms with Crippen LogP contribution in [-0.2, 0) is 0 Å². The fourth-order valence-electron chi connectivity index (χ4n) is 1.38. The van der Waals surface area contributed by atoms with E-state index >= 15 is 0 Å². The summed E-state index contributed by atoms with van der Waals surface area (Å²) in [7, 11) is 0. The second-order valence-corrected chi connectivity index (χ2v) is 4.79. The SMILES string of the molecule is Cc1cccc(C#N)c1NCC(C)(C)CO. The van der Waals surface area contributed by atoms with Gasteiger partial charge in [0.2, 0.25) is 0 Å². The molecule has 0 unspecified atom stereocenters. The molecule has 0 bridgehead atoms. The van der Waals surface area contributed by atoms with Crippen LogP contribution in [0, 0.1) is 23.7 Å². The first-order valence-corrected chi connectivity index (χ1v) is 5.34. The van der Waals surface area contributed by atoms with Crippen molar-refractivity contribution in [1.29, 1.82) is 5.26 Å². The lowest BCUT2D eigenvalue weighted by molar-refractivity contribution is 0.171. The Hall–Kier alpha value is -1.53. The van der Waals surface area contributed by atoms with Crippen LogP contribution in [0.25, 0.3) is 0 Å². The van der Waals surface area contributed by atoms with Crippen LogP contribution in [0.5, 0.6) is 0 Å². The van der Waals surface area contributed by atoms with E-state index in [1.165, 1.54) is 0 Å². The first kappa shape index (κ1) is 12.5. The third-order valence-electron chi connectivity index (χ3n) is 2.56. The van der Waals surface area contributed by atoms with E-state index in [1.807, 2.05) is 32.9 Å². The van der Waals surface area contributed by atoms with Gasteiger partial charge in [0.25, 0.3) is 0 Å². The van der Waals surface area contributed by atoms with Crippen LogP contribution in [0.1, 0.15) is 25.0 Å². The summed E-state index contributed by atoms with van der Waals surface area (Å²) in [6.07, 6.45) is 0. The quantitative estimate of drug-likeness (QED) is 0.815. The average molecular weight is 218 g/mol. The highest BCUT2D eigenvalue weighted by Crippen LogP contribution is 2.22. The summed E-state index contributed by atoms with van der Waals surface area (Å²) in [5, 5.41) is 21.4. The Morgan fingerprint density at radius 3 is 2.69 bits per heavy atom. The standard InChI is InChI=1S/C13H18N2O/c1-10-5-4-6-11(7-14)12(10)15-8-13(2,3)9-16/h4-6,15-16H,8-9H2,1-3H3. The third kappa shape index (κ3) is 2.98. The molecule has 16 heavy (non-hydrogen) atoms. The number of aryl methyl sites for hydroxylation is 1. The Morgan fingerprint density at radius 1 is 1.44 bits per heavy atom. The molecule has 0 aliphatic carbocycles. The molecular formula is C13H18N2O. The van der Waals surface area contributed by atoms with Crippen LogP contribution in [0.2, 0.25) is 0 Å². The van der Waals surface area contributed by atoms with Crippen LogP contribution in [0.3, 0.4) is 0 Å². The molecule has 0 heterocycles. The number of nitrogens with one attached hydrogen (secondary N) is 1. The first-order valence-electron chi connectivity index (χ1n) is 5.34. The van der Waals surface area contributed by atoms with Crippen molar-refractivity contribution in [2.24, 2.45) is 5.41 Å². The van der Waals surface area contributed by atoms with Gasteiger partial charge in [-0.15, -0.1) is 0 Å². The molecule has 86 valence electrons. The monoisotopic (exact) mass is 218 g/mol. The maximum absolute atomic E-state index is 9.16. The fraction of sp³-hybridized carbons (Fsp3) is 0.462. The van der Waals surface area contributed by atoms with E-state index < -0.39 is 0 Å². The average Bonchev–Trinajstić information content (AvgIpc) is 2.27. The van der Waals surface area contributed by atoms with Gasteiger partial charge in [-0.1, -0.05) is 26.0 Å². The van der Waals surface area contributed by atoms with Gasteiger partial charge < -0.3 is 10.4 Å². The largest absolute Gasteiger partial charge is 0.396 e. The third-order valence-corrected chi connectivity index (χ3v) is 2.56. The van der Waals surface area contributed by atoms with E-state index in [0.29, 0.717) is 12.1 Å². The summed E-state index contributed by atoms with van der Waals surface area (Å²) in [5.74, 6) is 0. The number of nitrogens with zero attached hydrogens (tertiary/aromatic N) is 1. The van der Waals surface area contributed by atoms with Crippen molar-refractivity contribution in [1.82, 2.24) is 0 Å². The van der Waals surface area contributed by atoms with E-state index in [9.17, 15) is 0 Å². The number of para-hydroxylation sites is 1. The molecule has 0 amide bonds. The summed E-state index contributed by atoms with van der Waals surface area (Å²) in [6.45, 7) is 6.68. The molecule has 0 saturated carbocycles. The number of hydrogen-bond donors (Lipinski definition) is 2. The Labute approximate surface area is 96.7 Å². The normalized spacial score (nSPS) is 10.9. The first-order chi connectivity index (χ1) is 7.50. The second-order valence-electron chi connectivity index (χ2n) is 4.79. The Kier molecular flexibility index (Phi) is 3.92. The molecule has 0 saturated heterocycles. The maximum Gasteiger partial charge on any atom is 0.101 e. The number of aliphatic hydroxyl groups is 1. The zero-order valence-corrected chi connectivity index (χ0v) is 10.0. The van der Waals surface area contributed by atoms with Gasteiger partial charge in [0.15, 0.2) is 0 Å². The van der Waals surface area contributed by atoms with Crippen molar-refractivity contribution in [2.45, 2.75) is 20.8 Å². The van der Waals surface area contributed by atoms with Crippen LogP contribution in [0.4, 0.5) is 5.69 Å². The van der Waals surface area contributed by atoms with Gasteiger partial charge in [-0.05, 0) is 18.6 Å². The number of hydrogen-bond acceptors (Lipinski definition) is 3. The summed E-state index contributed by atoms with van der Waals surface area (Å²) < 4.78 is 0. The highest BCUT2D eigenvalue weighted by Gasteiger charge is 2.17. The molecule has 0 radical (unpaired) electrons. The maximum atomic E-state index is 9.16. The summed E-state index contributed by atoms with van der Waals surface area (Å²) in [6, 6.07) is 7.80. The molecule has 0 fully saturated rings. The zero-order valence-electron chi connectivity index (χ0n) is 10.0. The Bertz CT molecular complexity index is 405. The van der Waals surface area contributed by atoms with E-state index in [-0.39, 0.29) is 12.0 Å². The molecule has 1 rings (SSSR count). The van der Waals surface area contributed by atoms with Gasteiger partial charge in [0, 0.05) is 18.6 Å². The van der Waals surface area contributed by atoms with E-state index in [0.717, 1.165) is 11.3 Å². The van der Waals surface area contributed by atoms with Gasteiger partial charge in [-0.25, -0.2) is 0 Å². The van der Waals surface area contributed by atoms with Crippen LogP contribution in [-0.4, -0.2) is 18.3 Å². The van der Waals surface area contributed by atoms with E-state index in [2.05, 4.69) is 11.4 Å². The van der Waals surface area contributed by atoms with Crippen molar-refractivity contribution in [3.05, 3.63) is 29.3 Å². The fourth-order valence-corrected chi connectivity index (χ4v) is 1.38. The number of rotatable bonds is 4. The van der Waals surface area contributed by atoms with Crippen molar-refractivity contribution in [3.63, 3.8) is 0 Å². The number of aliphatic hydroxyl groups excluding tert-OH is 1. The number of nitriles is 1. The molecule has 0 atom stereocenters. The summed E-state index contributed by atoms with van der Waals surface area (Å²) in [5.41, 5.74) is 2.38. The summed E-state index contributed by atoms with van der Waals surface area (Å²) >= 11 is 0. The molecule has 3 heteroatoms. The lowest BCUT2D eigenvalue weighted by atomic mass is 9.94. The van der Waals surface area contributed by atoms with Crippen molar-refractivity contribution >= 4 is 5.69 Å². The van der Waals surface area contributed by atoms with Gasteiger partial charge in [0.05, 0.1) is 11.3 Å². The van der Waals surface area contributed by atoms with E-state index in [4.69, 9.17) is 10.4 Å². The predicted molar refractivity (Wildman–Crippen MR) is 65.3 cm³/mol. The minimum absolute atomic E-state index is 0.119. The lowest BCUT2D eigenvalue weighted by Gasteiger charge is -2.23. The number of benzene rings is 1. The van der Waals surface area contributed by atoms with Crippen LogP contribution in [0.15, 0.2) is 18.2 Å². The van der Waals surface area contributed by atoms with Crippen molar-refractivity contribution < 1.29 is 5.11 Å². The van der Waals surface area contributed by atoms with Crippen molar-refractivity contribution in [3.8, 4) is 6.07 Å². The van der Waals surface area contributed by atoms with Crippen LogP contribution < -0.4 is 5.32 Å². The lowest BCUT2D eigenvalue weighted by Crippen LogP contribution is -2.27. The van der Waals surface area contributed by atoms with Gasteiger partial charge in [-0.2, -0.15) is 5.26 Å².